The van der Waals surface area contributed by atoms with Gasteiger partial charge in [-0.1, -0.05) is 13.3 Å². The van der Waals surface area contributed by atoms with E-state index in [1.165, 1.54) is 12.8 Å². The van der Waals surface area contributed by atoms with Crippen molar-refractivity contribution < 1.29 is 0 Å². The zero-order valence-corrected chi connectivity index (χ0v) is 5.78. The zero-order valence-electron chi connectivity index (χ0n) is 5.78. The van der Waals surface area contributed by atoms with Crippen molar-refractivity contribution in [2.24, 2.45) is 11.7 Å². The van der Waals surface area contributed by atoms with Crippen LogP contribution in [-0.4, -0.2) is 13.6 Å². The Morgan fingerprint density at radius 3 is 2.00 bits per heavy atom. The average Bonchev–Trinajstić information content (AvgIpc) is 1.88. The molecule has 3 heteroatoms. The maximum atomic E-state index is 4.00. The van der Waals surface area contributed by atoms with E-state index in [-0.39, 0.29) is 0 Å². The first-order valence-corrected chi connectivity index (χ1v) is 2.89. The second-order valence-corrected chi connectivity index (χ2v) is 1.46. The second kappa shape index (κ2) is 15.8. The molecule has 8 heavy (non-hydrogen) atoms. The lowest BCUT2D eigenvalue weighted by molar-refractivity contribution is 0.711. The average molecular weight is 119 g/mol. The molecule has 5 N–H and O–H groups in total. The highest BCUT2D eigenvalue weighted by Gasteiger charge is 1.73. The molecule has 0 heterocycles. The van der Waals surface area contributed by atoms with Crippen LogP contribution in [0.15, 0.2) is 0 Å². The van der Waals surface area contributed by atoms with Crippen molar-refractivity contribution in [3.05, 3.63) is 0 Å². The first-order valence-electron chi connectivity index (χ1n) is 2.89. The van der Waals surface area contributed by atoms with Crippen LogP contribution in [0.3, 0.4) is 0 Å². The molecule has 0 aliphatic heterocycles. The van der Waals surface area contributed by atoms with Crippen LogP contribution < -0.4 is 17.0 Å². The van der Waals surface area contributed by atoms with Crippen LogP contribution in [0.5, 0.6) is 0 Å². The summed E-state index contributed by atoms with van der Waals surface area (Å²) in [5.74, 6) is 8.00. The van der Waals surface area contributed by atoms with Gasteiger partial charge in [0.05, 0.1) is 0 Å². The van der Waals surface area contributed by atoms with Crippen LogP contribution in [0.4, 0.5) is 0 Å². The molecule has 0 aromatic heterocycles. The standard InChI is InChI=1S/C5H13N.H4N2/c1-3-4-5-6-2;1-2/h6H,3-5H2,1-2H3;1-2H2. The zero-order chi connectivity index (χ0) is 6.83. The first-order chi connectivity index (χ1) is 3.91. The van der Waals surface area contributed by atoms with Gasteiger partial charge in [-0.3, -0.25) is 11.7 Å². The minimum atomic E-state index is 1.16. The molecule has 0 saturated carbocycles. The predicted molar refractivity (Wildman–Crippen MR) is 37.2 cm³/mol. The molecular weight excluding hydrogens is 102 g/mol. The molecular formula is C5H17N3. The molecule has 0 spiro atoms. The lowest BCUT2D eigenvalue weighted by Crippen LogP contribution is -2.06. The van der Waals surface area contributed by atoms with Crippen LogP contribution in [-0.2, 0) is 0 Å². The van der Waals surface area contributed by atoms with E-state index in [4.69, 9.17) is 0 Å². The second-order valence-electron chi connectivity index (χ2n) is 1.46. The summed E-state index contributed by atoms with van der Waals surface area (Å²) in [4.78, 5) is 0. The molecule has 3 nitrogen and oxygen atoms in total. The Bertz CT molecular complexity index is 19.6. The Morgan fingerprint density at radius 1 is 1.38 bits per heavy atom. The number of hydrogen-bond donors (Lipinski definition) is 3. The van der Waals surface area contributed by atoms with Crippen LogP contribution in [0.1, 0.15) is 19.8 Å². The minimum absolute atomic E-state index is 1.16. The van der Waals surface area contributed by atoms with E-state index in [1.807, 2.05) is 7.05 Å². The van der Waals surface area contributed by atoms with Gasteiger partial charge in [0.1, 0.15) is 0 Å². The molecule has 0 bridgehead atoms. The van der Waals surface area contributed by atoms with Gasteiger partial charge in [0.25, 0.3) is 0 Å². The lowest BCUT2D eigenvalue weighted by Gasteiger charge is -1.89. The molecule has 0 aromatic carbocycles. The Morgan fingerprint density at radius 2 is 1.88 bits per heavy atom. The highest BCUT2D eigenvalue weighted by molar-refractivity contribution is 4.34. The molecule has 0 aliphatic rings. The summed E-state index contributed by atoms with van der Waals surface area (Å²) < 4.78 is 0. The largest absolute Gasteiger partial charge is 0.320 e. The smallest absolute Gasteiger partial charge is 0.00520 e. The van der Waals surface area contributed by atoms with Gasteiger partial charge in [0.2, 0.25) is 0 Å². The van der Waals surface area contributed by atoms with E-state index in [0.717, 1.165) is 6.54 Å². The molecule has 0 saturated heterocycles. The maximum Gasteiger partial charge on any atom is -0.00520 e. The van der Waals surface area contributed by atoms with Crippen molar-refractivity contribution >= 4 is 0 Å². The van der Waals surface area contributed by atoms with E-state index < -0.39 is 0 Å². The third kappa shape index (κ3) is 16.9. The van der Waals surface area contributed by atoms with Gasteiger partial charge in [-0.25, -0.2) is 0 Å². The Hall–Kier alpha value is -0.120. The molecule has 0 fully saturated rings. The van der Waals surface area contributed by atoms with Gasteiger partial charge in [0, 0.05) is 0 Å². The van der Waals surface area contributed by atoms with E-state index in [2.05, 4.69) is 23.9 Å². The van der Waals surface area contributed by atoms with Crippen molar-refractivity contribution in [1.29, 1.82) is 0 Å². The first kappa shape index (κ1) is 10.8. The summed E-state index contributed by atoms with van der Waals surface area (Å²) in [5.41, 5.74) is 0. The third-order valence-electron chi connectivity index (χ3n) is 0.780. The van der Waals surface area contributed by atoms with Crippen LogP contribution in [0.25, 0.3) is 0 Å². The van der Waals surface area contributed by atoms with Crippen molar-refractivity contribution in [3.63, 3.8) is 0 Å². The van der Waals surface area contributed by atoms with Crippen LogP contribution in [0.2, 0.25) is 0 Å². The van der Waals surface area contributed by atoms with Crippen molar-refractivity contribution in [1.82, 2.24) is 5.32 Å². The Labute approximate surface area is 51.4 Å². The molecule has 0 aliphatic carbocycles. The van der Waals surface area contributed by atoms with Gasteiger partial charge in [0.15, 0.2) is 0 Å². The molecule has 0 rings (SSSR count). The van der Waals surface area contributed by atoms with Gasteiger partial charge in [-0.15, -0.1) is 0 Å². The molecule has 0 radical (unpaired) electrons. The van der Waals surface area contributed by atoms with Crippen LogP contribution in [0, 0.1) is 0 Å². The lowest BCUT2D eigenvalue weighted by atomic mass is 10.3. The SMILES string of the molecule is CCCCNC.NN. The fourth-order valence-corrected chi connectivity index (χ4v) is 0.354. The molecule has 52 valence electrons. The van der Waals surface area contributed by atoms with Crippen LogP contribution >= 0.6 is 0 Å². The number of nitrogens with two attached hydrogens (primary N) is 2. The summed E-state index contributed by atoms with van der Waals surface area (Å²) in [6.07, 6.45) is 2.59. The molecule has 0 amide bonds. The summed E-state index contributed by atoms with van der Waals surface area (Å²) >= 11 is 0. The van der Waals surface area contributed by atoms with E-state index in [1.54, 1.807) is 0 Å². The summed E-state index contributed by atoms with van der Waals surface area (Å²) in [6.45, 7) is 3.36. The number of hydrazine groups is 1. The van der Waals surface area contributed by atoms with Gasteiger partial charge in [-0.05, 0) is 20.0 Å². The Kier molecular flexibility index (Phi) is 21.3. The number of hydrogen-bond acceptors (Lipinski definition) is 3. The summed E-state index contributed by atoms with van der Waals surface area (Å²) in [5, 5.41) is 3.07. The fourth-order valence-electron chi connectivity index (χ4n) is 0.354. The monoisotopic (exact) mass is 119 g/mol. The molecule has 0 atom stereocenters. The van der Waals surface area contributed by atoms with Crippen molar-refractivity contribution in [3.8, 4) is 0 Å². The van der Waals surface area contributed by atoms with E-state index >= 15 is 0 Å². The number of rotatable bonds is 3. The van der Waals surface area contributed by atoms with Gasteiger partial charge >= 0.3 is 0 Å². The van der Waals surface area contributed by atoms with E-state index in [9.17, 15) is 0 Å². The highest BCUT2D eigenvalue weighted by Crippen LogP contribution is 1.79. The Balaban J connectivity index is 0. The maximum absolute atomic E-state index is 4.00. The number of nitrogens with one attached hydrogen (secondary N) is 1. The molecule has 0 unspecified atom stereocenters. The summed E-state index contributed by atoms with van der Waals surface area (Å²) in [6, 6.07) is 0. The van der Waals surface area contributed by atoms with Crippen molar-refractivity contribution in [2.45, 2.75) is 19.8 Å². The fraction of sp³-hybridized carbons (Fsp3) is 1.00. The predicted octanol–water partition coefficient (Wildman–Crippen LogP) is -0.175. The van der Waals surface area contributed by atoms with Gasteiger partial charge in [-0.2, -0.15) is 0 Å². The highest BCUT2D eigenvalue weighted by atomic mass is 15.0. The topological polar surface area (TPSA) is 64.1 Å². The van der Waals surface area contributed by atoms with Crippen molar-refractivity contribution in [2.75, 3.05) is 13.6 Å². The normalized spacial score (nSPS) is 7.50. The quantitative estimate of drug-likeness (QED) is 0.274. The molecule has 0 aromatic rings. The number of unbranched alkanes of at least 4 members (excludes halogenated alkanes) is 1. The summed E-state index contributed by atoms with van der Waals surface area (Å²) in [7, 11) is 1.98. The van der Waals surface area contributed by atoms with E-state index in [0.29, 0.717) is 0 Å². The van der Waals surface area contributed by atoms with Gasteiger partial charge < -0.3 is 5.32 Å². The minimum Gasteiger partial charge on any atom is -0.320 e. The third-order valence-corrected chi connectivity index (χ3v) is 0.780.